The molecule has 4 aromatic rings. The lowest BCUT2D eigenvalue weighted by atomic mass is 9.89. The molecule has 1 aromatic carbocycles. The number of hydrogen-bond donors (Lipinski definition) is 1. The van der Waals surface area contributed by atoms with Gasteiger partial charge in [0.15, 0.2) is 0 Å². The zero-order valence-corrected chi connectivity index (χ0v) is 17.9. The van der Waals surface area contributed by atoms with Crippen LogP contribution >= 0.6 is 0 Å². The van der Waals surface area contributed by atoms with Gasteiger partial charge in [-0.1, -0.05) is 24.3 Å². The minimum atomic E-state index is -1.40. The summed E-state index contributed by atoms with van der Waals surface area (Å²) in [7, 11) is 0.551. The standard InChI is InChI=1S/C23H25N5OS/c1-16(30(24)29)14-17(15-18-8-5-6-12-25-18)22-20(10-7-13-26-22)23-19-9-3-4-11-21(19)28(2)27-23/h3-13,16-17H,14-15,24H2,1-2H3/t16?,17-,30?/m1/s1. The van der Waals surface area contributed by atoms with Crippen LogP contribution in [-0.2, 0) is 24.5 Å². The van der Waals surface area contributed by atoms with Crippen molar-refractivity contribution in [2.24, 2.45) is 12.2 Å². The van der Waals surface area contributed by atoms with Crippen LogP contribution in [0, 0.1) is 0 Å². The molecule has 3 aromatic heterocycles. The number of pyridine rings is 2. The fraction of sp³-hybridized carbons (Fsp3) is 0.261. The molecule has 30 heavy (non-hydrogen) atoms. The molecule has 2 N–H and O–H groups in total. The van der Waals surface area contributed by atoms with Gasteiger partial charge in [-0.3, -0.25) is 19.8 Å². The van der Waals surface area contributed by atoms with Gasteiger partial charge in [-0.15, -0.1) is 0 Å². The van der Waals surface area contributed by atoms with E-state index in [1.54, 1.807) is 12.4 Å². The van der Waals surface area contributed by atoms with Crippen LogP contribution in [0.15, 0.2) is 67.0 Å². The van der Waals surface area contributed by atoms with Crippen molar-refractivity contribution in [1.29, 1.82) is 0 Å². The van der Waals surface area contributed by atoms with Gasteiger partial charge in [0.1, 0.15) is 5.69 Å². The van der Waals surface area contributed by atoms with Crippen molar-refractivity contribution < 1.29 is 4.21 Å². The summed E-state index contributed by atoms with van der Waals surface area (Å²) >= 11 is 0. The molecule has 3 heterocycles. The van der Waals surface area contributed by atoms with Crippen molar-refractivity contribution in [3.63, 3.8) is 0 Å². The first kappa shape index (κ1) is 20.4. The maximum atomic E-state index is 11.9. The predicted octanol–water partition coefficient (Wildman–Crippen LogP) is 3.76. The van der Waals surface area contributed by atoms with Gasteiger partial charge in [0.05, 0.1) is 22.2 Å². The van der Waals surface area contributed by atoms with Crippen LogP contribution in [0.3, 0.4) is 0 Å². The Bertz CT molecular complexity index is 1170. The first-order valence-corrected chi connectivity index (χ1v) is 11.2. The van der Waals surface area contributed by atoms with Crippen molar-refractivity contribution >= 4 is 21.9 Å². The SMILES string of the molecule is CC(C[C@H](Cc1ccccn1)c1ncccc1-c1nn(C)c2ccccc12)S(N)=O. The summed E-state index contributed by atoms with van der Waals surface area (Å²) in [5, 5.41) is 11.4. The molecule has 0 saturated carbocycles. The summed E-state index contributed by atoms with van der Waals surface area (Å²) in [6.45, 7) is 1.92. The number of rotatable bonds is 7. The van der Waals surface area contributed by atoms with E-state index in [1.165, 1.54) is 0 Å². The van der Waals surface area contributed by atoms with Gasteiger partial charge in [0.25, 0.3) is 0 Å². The molecule has 7 heteroatoms. The Kier molecular flexibility index (Phi) is 6.01. The molecule has 154 valence electrons. The molecule has 4 rings (SSSR count). The van der Waals surface area contributed by atoms with Crippen molar-refractivity contribution in [3.05, 3.63) is 78.4 Å². The number of aromatic nitrogens is 4. The summed E-state index contributed by atoms with van der Waals surface area (Å²) in [6.07, 6.45) is 4.94. The molecule has 0 amide bonds. The third kappa shape index (κ3) is 4.17. The average Bonchev–Trinajstić information content (AvgIpc) is 3.10. The van der Waals surface area contributed by atoms with Crippen molar-refractivity contribution in [2.45, 2.75) is 30.9 Å². The number of nitrogens with zero attached hydrogens (tertiary/aromatic N) is 4. The lowest BCUT2D eigenvalue weighted by Crippen LogP contribution is -2.22. The van der Waals surface area contributed by atoms with E-state index in [9.17, 15) is 4.21 Å². The van der Waals surface area contributed by atoms with E-state index in [1.807, 2.05) is 55.1 Å². The second-order valence-corrected chi connectivity index (χ2v) is 8.98. The van der Waals surface area contributed by atoms with E-state index < -0.39 is 11.0 Å². The Morgan fingerprint density at radius 3 is 2.57 bits per heavy atom. The molecule has 0 aliphatic heterocycles. The quantitative estimate of drug-likeness (QED) is 0.494. The first-order valence-electron chi connectivity index (χ1n) is 9.96. The number of nitrogens with two attached hydrogens (primary N) is 1. The molecular weight excluding hydrogens is 394 g/mol. The maximum Gasteiger partial charge on any atom is 0.102 e. The second-order valence-electron chi connectivity index (χ2n) is 7.52. The van der Waals surface area contributed by atoms with Crippen LogP contribution in [0.5, 0.6) is 0 Å². The molecule has 2 unspecified atom stereocenters. The monoisotopic (exact) mass is 419 g/mol. The molecule has 0 aliphatic rings. The number of para-hydroxylation sites is 1. The largest absolute Gasteiger partial charge is 0.267 e. The van der Waals surface area contributed by atoms with Gasteiger partial charge in [-0.2, -0.15) is 5.10 Å². The van der Waals surface area contributed by atoms with Crippen LogP contribution in [-0.4, -0.2) is 29.2 Å². The Balaban J connectivity index is 1.82. The van der Waals surface area contributed by atoms with Crippen LogP contribution in [0.1, 0.15) is 30.7 Å². The highest BCUT2D eigenvalue weighted by atomic mass is 32.2. The number of hydrogen-bond acceptors (Lipinski definition) is 4. The van der Waals surface area contributed by atoms with Crippen LogP contribution in [0.4, 0.5) is 0 Å². The fourth-order valence-electron chi connectivity index (χ4n) is 3.91. The fourth-order valence-corrected chi connectivity index (χ4v) is 4.34. The van der Waals surface area contributed by atoms with Gasteiger partial charge in [0, 0.05) is 47.3 Å². The summed E-state index contributed by atoms with van der Waals surface area (Å²) < 4.78 is 13.8. The van der Waals surface area contributed by atoms with Crippen LogP contribution in [0.25, 0.3) is 22.2 Å². The number of fused-ring (bicyclic) bond motifs is 1. The molecule has 0 aliphatic carbocycles. The molecular formula is C23H25N5OS. The molecule has 0 saturated heterocycles. The van der Waals surface area contributed by atoms with Gasteiger partial charge in [0.2, 0.25) is 0 Å². The Morgan fingerprint density at radius 2 is 1.80 bits per heavy atom. The molecule has 0 spiro atoms. The first-order chi connectivity index (χ1) is 14.5. The maximum absolute atomic E-state index is 11.9. The molecule has 0 radical (unpaired) electrons. The average molecular weight is 420 g/mol. The third-order valence-electron chi connectivity index (χ3n) is 5.43. The lowest BCUT2D eigenvalue weighted by molar-refractivity contribution is 0.583. The lowest BCUT2D eigenvalue weighted by Gasteiger charge is -2.21. The Hall–Kier alpha value is -2.90. The summed E-state index contributed by atoms with van der Waals surface area (Å²) in [5.74, 6) is 0.0133. The topological polar surface area (TPSA) is 86.7 Å². The smallest absolute Gasteiger partial charge is 0.102 e. The van der Waals surface area contributed by atoms with Crippen molar-refractivity contribution in [1.82, 2.24) is 19.7 Å². The van der Waals surface area contributed by atoms with Gasteiger partial charge < -0.3 is 0 Å². The third-order valence-corrected chi connectivity index (χ3v) is 6.42. The highest BCUT2D eigenvalue weighted by molar-refractivity contribution is 7.83. The predicted molar refractivity (Wildman–Crippen MR) is 121 cm³/mol. The Labute approximate surface area is 178 Å². The molecule has 6 nitrogen and oxygen atoms in total. The minimum absolute atomic E-state index is 0.0133. The minimum Gasteiger partial charge on any atom is -0.267 e. The van der Waals surface area contributed by atoms with Gasteiger partial charge >= 0.3 is 0 Å². The highest BCUT2D eigenvalue weighted by Crippen LogP contribution is 2.35. The zero-order valence-electron chi connectivity index (χ0n) is 17.1. The van der Waals surface area contributed by atoms with Crippen molar-refractivity contribution in [3.8, 4) is 11.3 Å². The molecule has 3 atom stereocenters. The normalized spacial score (nSPS) is 14.5. The van der Waals surface area contributed by atoms with Crippen LogP contribution < -0.4 is 5.14 Å². The van der Waals surface area contributed by atoms with E-state index >= 15 is 0 Å². The summed E-state index contributed by atoms with van der Waals surface area (Å²) in [4.78, 5) is 9.26. The number of aryl methyl sites for hydroxylation is 1. The van der Waals surface area contributed by atoms with Gasteiger partial charge in [-0.25, -0.2) is 4.21 Å². The van der Waals surface area contributed by atoms with E-state index in [4.69, 9.17) is 15.2 Å². The molecule has 0 fully saturated rings. The number of benzene rings is 1. The Morgan fingerprint density at radius 1 is 1.03 bits per heavy atom. The summed E-state index contributed by atoms with van der Waals surface area (Å²) in [5.41, 5.74) is 4.87. The highest BCUT2D eigenvalue weighted by Gasteiger charge is 2.25. The summed E-state index contributed by atoms with van der Waals surface area (Å²) in [6, 6.07) is 18.1. The van der Waals surface area contributed by atoms with E-state index in [-0.39, 0.29) is 11.2 Å². The zero-order chi connectivity index (χ0) is 21.1. The molecule has 0 bridgehead atoms. The van der Waals surface area contributed by atoms with Crippen molar-refractivity contribution in [2.75, 3.05) is 0 Å². The van der Waals surface area contributed by atoms with Crippen LogP contribution in [0.2, 0.25) is 0 Å². The van der Waals surface area contributed by atoms with E-state index in [0.29, 0.717) is 12.8 Å². The van der Waals surface area contributed by atoms with E-state index in [0.717, 1.165) is 33.5 Å². The second kappa shape index (κ2) is 8.85. The van der Waals surface area contributed by atoms with Gasteiger partial charge in [-0.05, 0) is 50.1 Å². The van der Waals surface area contributed by atoms with E-state index in [2.05, 4.69) is 23.2 Å².